The van der Waals surface area contributed by atoms with Gasteiger partial charge in [-0.3, -0.25) is 0 Å². The summed E-state index contributed by atoms with van der Waals surface area (Å²) in [4.78, 5) is 0. The molecular formula is C24H33N. The van der Waals surface area contributed by atoms with E-state index >= 15 is 0 Å². The second-order valence-corrected chi connectivity index (χ2v) is 7.81. The number of allylic oxidation sites excluding steroid dienone is 7. The first kappa shape index (κ1) is 19.5. The molecule has 0 saturated heterocycles. The molecule has 0 spiro atoms. The standard InChI is InChI=1S/C24H33N/c1-19(11-16-23-20(2)9-7-17-24(23,3)4)8-6-10-21-12-14-22(15-13-21)18-25-5/h6,8,10-16,25H,7,9,17-18H2,1-5H3. The van der Waals surface area contributed by atoms with Gasteiger partial charge in [-0.05, 0) is 62.3 Å². The highest BCUT2D eigenvalue weighted by Crippen LogP contribution is 2.40. The van der Waals surface area contributed by atoms with E-state index in [2.05, 4.69) is 87.7 Å². The van der Waals surface area contributed by atoms with E-state index in [1.54, 1.807) is 5.57 Å². The highest BCUT2D eigenvalue weighted by molar-refractivity contribution is 5.52. The monoisotopic (exact) mass is 335 g/mol. The van der Waals surface area contributed by atoms with Crippen LogP contribution >= 0.6 is 0 Å². The van der Waals surface area contributed by atoms with Crippen molar-refractivity contribution in [2.45, 2.75) is 53.5 Å². The molecule has 0 atom stereocenters. The molecule has 25 heavy (non-hydrogen) atoms. The average molecular weight is 336 g/mol. The van der Waals surface area contributed by atoms with Crippen molar-refractivity contribution in [3.8, 4) is 0 Å². The van der Waals surface area contributed by atoms with Crippen LogP contribution in [0.3, 0.4) is 0 Å². The van der Waals surface area contributed by atoms with Crippen molar-refractivity contribution in [3.05, 3.63) is 76.4 Å². The number of hydrogen-bond acceptors (Lipinski definition) is 1. The molecule has 0 fully saturated rings. The third kappa shape index (κ3) is 5.86. The van der Waals surface area contributed by atoms with E-state index in [4.69, 9.17) is 0 Å². The van der Waals surface area contributed by atoms with Crippen molar-refractivity contribution < 1.29 is 0 Å². The predicted octanol–water partition coefficient (Wildman–Crippen LogP) is 6.45. The SMILES string of the molecule is CNCc1ccc(C=CC=C(C)C=CC2=C(C)CCCC2(C)C)cc1. The molecule has 0 aliphatic heterocycles. The van der Waals surface area contributed by atoms with E-state index in [1.165, 1.54) is 41.5 Å². The molecule has 1 aromatic rings. The first-order chi connectivity index (χ1) is 11.9. The van der Waals surface area contributed by atoms with Gasteiger partial charge in [0, 0.05) is 6.54 Å². The lowest BCUT2D eigenvalue weighted by molar-refractivity contribution is 0.377. The molecular weight excluding hydrogens is 302 g/mol. The summed E-state index contributed by atoms with van der Waals surface area (Å²) >= 11 is 0. The topological polar surface area (TPSA) is 12.0 Å². The van der Waals surface area contributed by atoms with Gasteiger partial charge in [0.25, 0.3) is 0 Å². The Hall–Kier alpha value is -1.86. The fraction of sp³-hybridized carbons (Fsp3) is 0.417. The number of hydrogen-bond donors (Lipinski definition) is 1. The fourth-order valence-corrected chi connectivity index (χ4v) is 3.54. The van der Waals surface area contributed by atoms with Gasteiger partial charge in [-0.1, -0.05) is 79.6 Å². The quantitative estimate of drug-likeness (QED) is 0.589. The molecule has 0 bridgehead atoms. The van der Waals surface area contributed by atoms with E-state index in [0.717, 1.165) is 6.54 Å². The average Bonchev–Trinajstić information content (AvgIpc) is 2.56. The van der Waals surface area contributed by atoms with Crippen molar-refractivity contribution in [3.63, 3.8) is 0 Å². The van der Waals surface area contributed by atoms with Gasteiger partial charge in [-0.15, -0.1) is 0 Å². The summed E-state index contributed by atoms with van der Waals surface area (Å²) < 4.78 is 0. The molecule has 2 rings (SSSR count). The Labute approximate surface area is 154 Å². The molecule has 1 aliphatic carbocycles. The van der Waals surface area contributed by atoms with Gasteiger partial charge in [0.05, 0.1) is 0 Å². The molecule has 0 radical (unpaired) electrons. The Kier molecular flexibility index (Phi) is 7.01. The molecule has 1 N–H and O–H groups in total. The molecule has 1 nitrogen and oxygen atoms in total. The van der Waals surface area contributed by atoms with Crippen LogP contribution in [0, 0.1) is 5.41 Å². The number of benzene rings is 1. The predicted molar refractivity (Wildman–Crippen MR) is 111 cm³/mol. The third-order valence-corrected chi connectivity index (χ3v) is 5.06. The zero-order valence-electron chi connectivity index (χ0n) is 16.5. The van der Waals surface area contributed by atoms with Crippen molar-refractivity contribution in [1.82, 2.24) is 5.32 Å². The van der Waals surface area contributed by atoms with Crippen molar-refractivity contribution >= 4 is 6.08 Å². The second-order valence-electron chi connectivity index (χ2n) is 7.81. The molecule has 0 saturated carbocycles. The molecule has 0 aromatic heterocycles. The fourth-order valence-electron chi connectivity index (χ4n) is 3.54. The van der Waals surface area contributed by atoms with Gasteiger partial charge in [0.2, 0.25) is 0 Å². The summed E-state index contributed by atoms with van der Waals surface area (Å²) in [5.41, 5.74) is 7.22. The highest BCUT2D eigenvalue weighted by atomic mass is 14.8. The molecule has 1 aromatic carbocycles. The minimum atomic E-state index is 0.310. The van der Waals surface area contributed by atoms with Crippen LogP contribution in [0.4, 0.5) is 0 Å². The highest BCUT2D eigenvalue weighted by Gasteiger charge is 2.26. The largest absolute Gasteiger partial charge is 0.316 e. The molecule has 0 unspecified atom stereocenters. The van der Waals surface area contributed by atoms with E-state index in [1.807, 2.05) is 7.05 Å². The van der Waals surface area contributed by atoms with Gasteiger partial charge in [-0.25, -0.2) is 0 Å². The zero-order valence-corrected chi connectivity index (χ0v) is 16.5. The van der Waals surface area contributed by atoms with Gasteiger partial charge < -0.3 is 5.32 Å². The molecule has 0 amide bonds. The Morgan fingerprint density at radius 1 is 1.16 bits per heavy atom. The van der Waals surface area contributed by atoms with Crippen LogP contribution < -0.4 is 5.32 Å². The van der Waals surface area contributed by atoms with Crippen LogP contribution in [0.5, 0.6) is 0 Å². The summed E-state index contributed by atoms with van der Waals surface area (Å²) in [6.45, 7) is 10.1. The minimum Gasteiger partial charge on any atom is -0.316 e. The van der Waals surface area contributed by atoms with E-state index in [-0.39, 0.29) is 0 Å². The summed E-state index contributed by atoms with van der Waals surface area (Å²) in [5, 5.41) is 3.17. The van der Waals surface area contributed by atoms with Crippen LogP contribution in [0.25, 0.3) is 6.08 Å². The Morgan fingerprint density at radius 2 is 1.88 bits per heavy atom. The van der Waals surface area contributed by atoms with Crippen molar-refractivity contribution in [2.24, 2.45) is 5.41 Å². The number of rotatable bonds is 6. The second kappa shape index (κ2) is 9.01. The lowest BCUT2D eigenvalue weighted by Crippen LogP contribution is -2.19. The first-order valence-corrected chi connectivity index (χ1v) is 9.39. The van der Waals surface area contributed by atoms with Crippen LogP contribution in [0.2, 0.25) is 0 Å². The molecule has 1 aliphatic rings. The summed E-state index contributed by atoms with van der Waals surface area (Å²) in [7, 11) is 1.97. The smallest absolute Gasteiger partial charge is 0.0202 e. The summed E-state index contributed by atoms with van der Waals surface area (Å²) in [6, 6.07) is 8.68. The van der Waals surface area contributed by atoms with Gasteiger partial charge in [-0.2, -0.15) is 0 Å². The summed E-state index contributed by atoms with van der Waals surface area (Å²) in [5.74, 6) is 0. The van der Waals surface area contributed by atoms with Crippen LogP contribution in [0.15, 0.2) is 65.3 Å². The maximum atomic E-state index is 3.17. The normalized spacial score (nSPS) is 18.5. The Bertz CT molecular complexity index is 681. The molecule has 134 valence electrons. The van der Waals surface area contributed by atoms with Gasteiger partial charge in [0.15, 0.2) is 0 Å². The van der Waals surface area contributed by atoms with Gasteiger partial charge >= 0.3 is 0 Å². The molecule has 1 heteroatoms. The Morgan fingerprint density at radius 3 is 2.52 bits per heavy atom. The zero-order chi connectivity index (χ0) is 18.3. The van der Waals surface area contributed by atoms with Crippen molar-refractivity contribution in [1.29, 1.82) is 0 Å². The van der Waals surface area contributed by atoms with E-state index < -0.39 is 0 Å². The van der Waals surface area contributed by atoms with Crippen LogP contribution in [0.1, 0.15) is 58.1 Å². The van der Waals surface area contributed by atoms with E-state index in [0.29, 0.717) is 5.41 Å². The molecule has 0 heterocycles. The van der Waals surface area contributed by atoms with Gasteiger partial charge in [0.1, 0.15) is 0 Å². The van der Waals surface area contributed by atoms with E-state index in [9.17, 15) is 0 Å². The first-order valence-electron chi connectivity index (χ1n) is 9.39. The van der Waals surface area contributed by atoms with Crippen LogP contribution in [-0.2, 0) is 6.54 Å². The third-order valence-electron chi connectivity index (χ3n) is 5.06. The van der Waals surface area contributed by atoms with Crippen LogP contribution in [-0.4, -0.2) is 7.05 Å². The lowest BCUT2D eigenvalue weighted by atomic mass is 9.72. The Balaban J connectivity index is 2.01. The van der Waals surface area contributed by atoms with Crippen molar-refractivity contribution in [2.75, 3.05) is 7.05 Å². The minimum absolute atomic E-state index is 0.310. The number of nitrogens with one attached hydrogen (secondary N) is 1. The maximum absolute atomic E-state index is 3.17. The maximum Gasteiger partial charge on any atom is 0.0202 e. The summed E-state index contributed by atoms with van der Waals surface area (Å²) in [6.07, 6.45) is 14.9. The lowest BCUT2D eigenvalue weighted by Gasteiger charge is -2.32.